The maximum atomic E-state index is 11.1. The number of fused-ring (bicyclic) bond motifs is 6. The lowest BCUT2D eigenvalue weighted by Gasteiger charge is -2.30. The van der Waals surface area contributed by atoms with Crippen molar-refractivity contribution in [1.29, 1.82) is 0 Å². The van der Waals surface area contributed by atoms with Gasteiger partial charge in [0.05, 0.1) is 11.4 Å². The third-order valence-electron chi connectivity index (χ3n) is 6.58. The van der Waals surface area contributed by atoms with Crippen LogP contribution in [0.25, 0.3) is 11.1 Å². The van der Waals surface area contributed by atoms with Gasteiger partial charge >= 0.3 is 0 Å². The van der Waals surface area contributed by atoms with E-state index in [2.05, 4.69) is 59.6 Å². The fraction of sp³-hybridized carbons (Fsp3) is 0.207. The maximum Gasteiger partial charge on any atom is 0.123 e. The Balaban J connectivity index is 0.000000165. The summed E-state index contributed by atoms with van der Waals surface area (Å²) in [5, 5.41) is 3.12. The first-order valence-corrected chi connectivity index (χ1v) is 11.2. The molecule has 2 aliphatic carbocycles. The molecular weight excluding hydrogens is 392 g/mol. The van der Waals surface area contributed by atoms with E-state index >= 15 is 0 Å². The van der Waals surface area contributed by atoms with Gasteiger partial charge in [-0.1, -0.05) is 55.5 Å². The van der Waals surface area contributed by atoms with Crippen LogP contribution in [-0.2, 0) is 24.1 Å². The average molecular weight is 419 g/mol. The van der Waals surface area contributed by atoms with Crippen LogP contribution in [0.3, 0.4) is 0 Å². The topological polar surface area (TPSA) is 41.5 Å². The van der Waals surface area contributed by atoms with Gasteiger partial charge in [-0.15, -0.1) is 0 Å². The van der Waals surface area contributed by atoms with E-state index in [0.717, 1.165) is 42.6 Å². The number of carbonyl (C=O) groups excluding carboxylic acids is 1. The average Bonchev–Trinajstić information content (AvgIpc) is 3.09. The summed E-state index contributed by atoms with van der Waals surface area (Å²) in [6.45, 7) is 2.22. The van der Waals surface area contributed by atoms with E-state index in [-0.39, 0.29) is 0 Å². The quantitative estimate of drug-likeness (QED) is 0.419. The summed E-state index contributed by atoms with van der Waals surface area (Å²) in [6, 6.07) is 21.2. The molecule has 3 heteroatoms. The van der Waals surface area contributed by atoms with Crippen LogP contribution in [0.5, 0.6) is 0 Å². The molecule has 0 aromatic heterocycles. The van der Waals surface area contributed by atoms with Gasteiger partial charge in [0.15, 0.2) is 0 Å². The molecule has 3 aromatic rings. The van der Waals surface area contributed by atoms with Crippen molar-refractivity contribution in [1.82, 2.24) is 0 Å². The minimum absolute atomic E-state index is 0.438. The van der Waals surface area contributed by atoms with Gasteiger partial charge in [0.25, 0.3) is 0 Å². The van der Waals surface area contributed by atoms with Crippen LogP contribution in [0.15, 0.2) is 83.5 Å². The van der Waals surface area contributed by atoms with Crippen molar-refractivity contribution in [3.05, 3.63) is 101 Å². The van der Waals surface area contributed by atoms with Gasteiger partial charge in [0.1, 0.15) is 5.94 Å². The highest BCUT2D eigenvalue weighted by Gasteiger charge is 2.26. The van der Waals surface area contributed by atoms with Gasteiger partial charge in [0, 0.05) is 24.4 Å². The zero-order chi connectivity index (χ0) is 21.9. The zero-order valence-corrected chi connectivity index (χ0v) is 18.3. The summed E-state index contributed by atoms with van der Waals surface area (Å²) in [6.07, 6.45) is 9.39. The molecule has 1 unspecified atom stereocenters. The lowest BCUT2D eigenvalue weighted by atomic mass is 9.74. The van der Waals surface area contributed by atoms with Crippen LogP contribution in [-0.4, -0.2) is 12.2 Å². The highest BCUT2D eigenvalue weighted by molar-refractivity contribution is 5.81. The van der Waals surface area contributed by atoms with Gasteiger partial charge in [-0.05, 0) is 76.8 Å². The van der Waals surface area contributed by atoms with E-state index in [1.165, 1.54) is 33.4 Å². The van der Waals surface area contributed by atoms with Crippen molar-refractivity contribution in [3.63, 3.8) is 0 Å². The number of aliphatic imine (C=N–C) groups is 1. The van der Waals surface area contributed by atoms with Gasteiger partial charge in [-0.25, -0.2) is 4.79 Å². The largest absolute Gasteiger partial charge is 0.360 e. The number of rotatable bonds is 0. The lowest BCUT2D eigenvalue weighted by Crippen LogP contribution is -2.16. The first kappa shape index (κ1) is 20.2. The van der Waals surface area contributed by atoms with E-state index in [1.54, 1.807) is 6.21 Å². The molecule has 0 bridgehead atoms. The number of anilines is 1. The van der Waals surface area contributed by atoms with Crippen molar-refractivity contribution in [2.45, 2.75) is 38.5 Å². The molecule has 1 heterocycles. The standard InChI is InChI=1S/C20H18O.C9H8N2/c1-13-10-14(12-21)11-20-16(13)8-9-18-17-5-3-2-4-15(17)6-7-19(18)20;1-2-5-9-8(4-1)10-6-3-7-11-9/h2-5,8-9,13H,6-7,10-11H2,1H3;1-7,10H. The number of hydrogen-bond acceptors (Lipinski definition) is 3. The summed E-state index contributed by atoms with van der Waals surface area (Å²) >= 11 is 0. The number of hydrogen-bond donors (Lipinski definition) is 1. The molecule has 158 valence electrons. The monoisotopic (exact) mass is 418 g/mol. The Morgan fingerprint density at radius 2 is 1.78 bits per heavy atom. The Hall–Kier alpha value is -3.68. The molecule has 0 fully saturated rings. The molecular formula is C29H26N2O. The van der Waals surface area contributed by atoms with Gasteiger partial charge in [-0.2, -0.15) is 0 Å². The molecule has 1 aliphatic heterocycles. The predicted molar refractivity (Wildman–Crippen MR) is 133 cm³/mol. The molecule has 0 saturated carbocycles. The Morgan fingerprint density at radius 1 is 0.938 bits per heavy atom. The van der Waals surface area contributed by atoms with Crippen LogP contribution < -0.4 is 5.32 Å². The normalized spacial score (nSPS) is 17.3. The van der Waals surface area contributed by atoms with Crippen molar-refractivity contribution in [2.75, 3.05) is 5.32 Å². The number of para-hydroxylation sites is 2. The number of benzene rings is 3. The highest BCUT2D eigenvalue weighted by atomic mass is 16.1. The van der Waals surface area contributed by atoms with Crippen molar-refractivity contribution >= 4 is 23.5 Å². The van der Waals surface area contributed by atoms with Crippen molar-refractivity contribution in [2.24, 2.45) is 4.99 Å². The Kier molecular flexibility index (Phi) is 5.58. The fourth-order valence-corrected chi connectivity index (χ4v) is 5.04. The maximum absolute atomic E-state index is 11.1. The SMILES string of the molecule is C1=CNc2ccccc2N=C1.CC1CC(=C=O)Cc2c1ccc1c2CCc2ccccc2-1. The van der Waals surface area contributed by atoms with E-state index < -0.39 is 0 Å². The third kappa shape index (κ3) is 3.84. The zero-order valence-electron chi connectivity index (χ0n) is 18.3. The Labute approximate surface area is 189 Å². The smallest absolute Gasteiger partial charge is 0.123 e. The van der Waals surface area contributed by atoms with E-state index in [4.69, 9.17) is 0 Å². The molecule has 3 aromatic carbocycles. The van der Waals surface area contributed by atoms with Gasteiger partial charge in [-0.3, -0.25) is 4.99 Å². The molecule has 3 aliphatic rings. The predicted octanol–water partition coefficient (Wildman–Crippen LogP) is 6.59. The van der Waals surface area contributed by atoms with Crippen LogP contribution in [0, 0.1) is 0 Å². The lowest BCUT2D eigenvalue weighted by molar-refractivity contribution is 0.562. The minimum Gasteiger partial charge on any atom is -0.360 e. The molecule has 3 nitrogen and oxygen atoms in total. The van der Waals surface area contributed by atoms with Crippen LogP contribution in [0.4, 0.5) is 11.4 Å². The summed E-state index contributed by atoms with van der Waals surface area (Å²) in [5.74, 6) is 2.61. The molecule has 1 N–H and O–H groups in total. The molecule has 1 atom stereocenters. The summed E-state index contributed by atoms with van der Waals surface area (Å²) in [5.41, 5.74) is 11.5. The molecule has 32 heavy (non-hydrogen) atoms. The Morgan fingerprint density at radius 3 is 2.69 bits per heavy atom. The first-order chi connectivity index (χ1) is 15.7. The second-order valence-corrected chi connectivity index (χ2v) is 8.60. The van der Waals surface area contributed by atoms with Gasteiger partial charge < -0.3 is 5.32 Å². The molecule has 0 spiro atoms. The minimum atomic E-state index is 0.438. The Bertz CT molecular complexity index is 1280. The van der Waals surface area contributed by atoms with Crippen molar-refractivity contribution in [3.8, 4) is 11.1 Å². The highest BCUT2D eigenvalue weighted by Crippen LogP contribution is 2.42. The van der Waals surface area contributed by atoms with Crippen molar-refractivity contribution < 1.29 is 4.79 Å². The van der Waals surface area contributed by atoms with Crippen LogP contribution >= 0.6 is 0 Å². The second kappa shape index (κ2) is 8.82. The molecule has 6 rings (SSSR count). The number of allylic oxidation sites excluding steroid dienone is 2. The third-order valence-corrected chi connectivity index (χ3v) is 6.58. The number of nitrogens with zero attached hydrogens (tertiary/aromatic N) is 1. The number of aryl methyl sites for hydroxylation is 1. The van der Waals surface area contributed by atoms with E-state index in [9.17, 15) is 4.79 Å². The van der Waals surface area contributed by atoms with Gasteiger partial charge in [0.2, 0.25) is 0 Å². The van der Waals surface area contributed by atoms with E-state index in [0.29, 0.717) is 5.92 Å². The summed E-state index contributed by atoms with van der Waals surface area (Å²) in [7, 11) is 0. The first-order valence-electron chi connectivity index (χ1n) is 11.2. The van der Waals surface area contributed by atoms with Crippen LogP contribution in [0.2, 0.25) is 0 Å². The second-order valence-electron chi connectivity index (χ2n) is 8.60. The van der Waals surface area contributed by atoms with Crippen LogP contribution in [0.1, 0.15) is 41.5 Å². The molecule has 0 saturated heterocycles. The molecule has 0 amide bonds. The fourth-order valence-electron chi connectivity index (χ4n) is 5.04. The summed E-state index contributed by atoms with van der Waals surface area (Å²) in [4.78, 5) is 15.3. The number of nitrogens with one attached hydrogen (secondary N) is 1. The molecule has 0 radical (unpaired) electrons. The van der Waals surface area contributed by atoms with E-state index in [1.807, 2.05) is 36.5 Å². The summed E-state index contributed by atoms with van der Waals surface area (Å²) < 4.78 is 0.